The van der Waals surface area contributed by atoms with Gasteiger partial charge in [0.1, 0.15) is 0 Å². The number of aliphatic hydroxyl groups excluding tert-OH is 1. The number of aliphatic hydroxyl groups is 1. The number of nitrogens with zero attached hydrogens (tertiary/aromatic N) is 3. The Morgan fingerprint density at radius 2 is 1.91 bits per heavy atom. The van der Waals surface area contributed by atoms with Gasteiger partial charge in [-0.2, -0.15) is 0 Å². The smallest absolute Gasteiger partial charge is 0.236 e. The minimum Gasteiger partial charge on any atom is -0.390 e. The van der Waals surface area contributed by atoms with Gasteiger partial charge in [-0.15, -0.1) is 0 Å². The zero-order chi connectivity index (χ0) is 16.3. The average molecular weight is 325 g/mol. The summed E-state index contributed by atoms with van der Waals surface area (Å²) >= 11 is 0. The molecule has 1 atom stereocenters. The summed E-state index contributed by atoms with van der Waals surface area (Å²) in [6.07, 6.45) is 4.07. The zero-order valence-electron chi connectivity index (χ0n) is 14.4. The molecular weight excluding hydrogens is 294 g/mol. The minimum absolute atomic E-state index is 0.231. The molecule has 132 valence electrons. The average Bonchev–Trinajstić information content (AvgIpc) is 2.76. The Morgan fingerprint density at radius 3 is 2.65 bits per heavy atom. The van der Waals surface area contributed by atoms with Gasteiger partial charge in [-0.05, 0) is 52.2 Å². The molecule has 0 bridgehead atoms. The monoisotopic (exact) mass is 325 g/mol. The molecule has 0 aromatic rings. The zero-order valence-corrected chi connectivity index (χ0v) is 14.4. The molecule has 0 radical (unpaired) electrons. The van der Waals surface area contributed by atoms with Crippen LogP contribution in [0, 0.1) is 0 Å². The van der Waals surface area contributed by atoms with Crippen molar-refractivity contribution in [2.45, 2.75) is 43.8 Å². The van der Waals surface area contributed by atoms with E-state index in [1.165, 1.54) is 0 Å². The Morgan fingerprint density at radius 1 is 1.13 bits per heavy atom. The minimum atomic E-state index is -0.389. The number of likely N-dealkylation sites (tertiary alicyclic amines) is 1. The number of likely N-dealkylation sites (N-methyl/N-ethyl adjacent to an activating group) is 1. The Labute approximate surface area is 139 Å². The van der Waals surface area contributed by atoms with Gasteiger partial charge in [-0.3, -0.25) is 9.69 Å². The molecule has 6 nitrogen and oxygen atoms in total. The molecule has 1 N–H and O–H groups in total. The van der Waals surface area contributed by atoms with Crippen molar-refractivity contribution < 1.29 is 14.6 Å². The number of carbonyl (C=O) groups excluding carboxylic acids is 1. The van der Waals surface area contributed by atoms with Crippen LogP contribution in [0.25, 0.3) is 0 Å². The maximum atomic E-state index is 12.6. The van der Waals surface area contributed by atoms with Crippen LogP contribution in [0.3, 0.4) is 0 Å². The second-order valence-electron chi connectivity index (χ2n) is 7.39. The third kappa shape index (κ3) is 4.05. The first-order valence-corrected chi connectivity index (χ1v) is 9.10. The molecule has 3 aliphatic rings. The summed E-state index contributed by atoms with van der Waals surface area (Å²) in [4.78, 5) is 19.2. The van der Waals surface area contributed by atoms with E-state index >= 15 is 0 Å². The fourth-order valence-electron chi connectivity index (χ4n) is 4.07. The van der Waals surface area contributed by atoms with Crippen molar-refractivity contribution in [3.05, 3.63) is 0 Å². The van der Waals surface area contributed by atoms with Gasteiger partial charge in [0, 0.05) is 32.8 Å². The van der Waals surface area contributed by atoms with Crippen LogP contribution in [0.4, 0.5) is 0 Å². The predicted octanol–water partition coefficient (Wildman–Crippen LogP) is 0.156. The molecule has 0 unspecified atom stereocenters. The lowest BCUT2D eigenvalue weighted by Crippen LogP contribution is -2.57. The summed E-state index contributed by atoms with van der Waals surface area (Å²) in [7, 11) is 2.14. The first-order chi connectivity index (χ1) is 11.1. The quantitative estimate of drug-likeness (QED) is 0.784. The van der Waals surface area contributed by atoms with Gasteiger partial charge >= 0.3 is 0 Å². The SMILES string of the molecule is CN1CCCN(CC(=O)N2CCC3(CC2)OCCC[C@H]3O)CC1. The van der Waals surface area contributed by atoms with Crippen LogP contribution >= 0.6 is 0 Å². The summed E-state index contributed by atoms with van der Waals surface area (Å²) in [5.74, 6) is 0.231. The van der Waals surface area contributed by atoms with Crippen LogP contribution in [0.2, 0.25) is 0 Å². The number of ether oxygens (including phenoxy) is 1. The van der Waals surface area contributed by atoms with Gasteiger partial charge in [-0.25, -0.2) is 0 Å². The first kappa shape index (κ1) is 17.1. The highest BCUT2D eigenvalue weighted by Gasteiger charge is 2.44. The Bertz CT molecular complexity index is 410. The van der Waals surface area contributed by atoms with Crippen molar-refractivity contribution in [2.24, 2.45) is 0 Å². The molecule has 1 spiro atoms. The number of hydrogen-bond donors (Lipinski definition) is 1. The van der Waals surface area contributed by atoms with Crippen LogP contribution in [-0.4, -0.2) is 96.9 Å². The molecule has 0 aromatic heterocycles. The number of hydrogen-bond acceptors (Lipinski definition) is 5. The van der Waals surface area contributed by atoms with E-state index in [9.17, 15) is 9.90 Å². The predicted molar refractivity (Wildman–Crippen MR) is 88.3 cm³/mol. The van der Waals surface area contributed by atoms with Crippen LogP contribution in [0.1, 0.15) is 32.1 Å². The fraction of sp³-hybridized carbons (Fsp3) is 0.941. The maximum absolute atomic E-state index is 12.6. The van der Waals surface area contributed by atoms with Crippen LogP contribution in [0.5, 0.6) is 0 Å². The molecule has 6 heteroatoms. The van der Waals surface area contributed by atoms with E-state index in [2.05, 4.69) is 16.8 Å². The molecule has 0 aliphatic carbocycles. The van der Waals surface area contributed by atoms with Gasteiger partial charge in [0.05, 0.1) is 18.2 Å². The van der Waals surface area contributed by atoms with Crippen LogP contribution < -0.4 is 0 Å². The topological polar surface area (TPSA) is 56.2 Å². The molecule has 23 heavy (non-hydrogen) atoms. The van der Waals surface area contributed by atoms with Crippen molar-refractivity contribution in [3.63, 3.8) is 0 Å². The van der Waals surface area contributed by atoms with E-state index in [0.717, 1.165) is 64.9 Å². The van der Waals surface area contributed by atoms with E-state index in [4.69, 9.17) is 4.74 Å². The van der Waals surface area contributed by atoms with Crippen molar-refractivity contribution in [3.8, 4) is 0 Å². The molecule has 0 saturated carbocycles. The molecular formula is C17H31N3O3. The van der Waals surface area contributed by atoms with E-state index < -0.39 is 0 Å². The highest BCUT2D eigenvalue weighted by Crippen LogP contribution is 2.35. The lowest BCUT2D eigenvalue weighted by Gasteiger charge is -2.46. The second kappa shape index (κ2) is 7.47. The molecule has 3 saturated heterocycles. The summed E-state index contributed by atoms with van der Waals surface area (Å²) < 4.78 is 5.92. The van der Waals surface area contributed by atoms with E-state index in [1.54, 1.807) is 0 Å². The van der Waals surface area contributed by atoms with E-state index in [0.29, 0.717) is 19.6 Å². The normalized spacial score (nSPS) is 30.3. The van der Waals surface area contributed by atoms with Crippen LogP contribution in [-0.2, 0) is 9.53 Å². The fourth-order valence-corrected chi connectivity index (χ4v) is 4.07. The van der Waals surface area contributed by atoms with Crippen molar-refractivity contribution in [2.75, 3.05) is 59.5 Å². The molecule has 3 fully saturated rings. The first-order valence-electron chi connectivity index (χ1n) is 9.10. The van der Waals surface area contributed by atoms with Gasteiger partial charge in [0.15, 0.2) is 0 Å². The third-order valence-corrected chi connectivity index (χ3v) is 5.75. The highest BCUT2D eigenvalue weighted by molar-refractivity contribution is 5.78. The molecule has 1 amide bonds. The lowest BCUT2D eigenvalue weighted by molar-refractivity contribution is -0.180. The summed E-state index contributed by atoms with van der Waals surface area (Å²) in [5, 5.41) is 10.3. The van der Waals surface area contributed by atoms with Crippen LogP contribution in [0.15, 0.2) is 0 Å². The maximum Gasteiger partial charge on any atom is 0.236 e. The Hall–Kier alpha value is -0.690. The number of amides is 1. The van der Waals surface area contributed by atoms with Gasteiger partial charge in [-0.1, -0.05) is 0 Å². The highest BCUT2D eigenvalue weighted by atomic mass is 16.5. The standard InChI is InChI=1S/C17H31N3O3/c1-18-7-3-8-19(12-11-18)14-16(22)20-9-5-17(6-10-20)15(21)4-2-13-23-17/h15,21H,2-14H2,1H3/t15-/m1/s1. The summed E-state index contributed by atoms with van der Waals surface area (Å²) in [6, 6.07) is 0. The molecule has 3 heterocycles. The number of piperidine rings is 1. The molecule has 3 rings (SSSR count). The van der Waals surface area contributed by atoms with Crippen molar-refractivity contribution in [1.82, 2.24) is 14.7 Å². The van der Waals surface area contributed by atoms with Gasteiger partial charge in [0.2, 0.25) is 5.91 Å². The van der Waals surface area contributed by atoms with Crippen molar-refractivity contribution >= 4 is 5.91 Å². The summed E-state index contributed by atoms with van der Waals surface area (Å²) in [6.45, 7) is 6.84. The van der Waals surface area contributed by atoms with Gasteiger partial charge in [0.25, 0.3) is 0 Å². The summed E-state index contributed by atoms with van der Waals surface area (Å²) in [5.41, 5.74) is -0.389. The van der Waals surface area contributed by atoms with E-state index in [1.807, 2.05) is 4.90 Å². The Balaban J connectivity index is 1.48. The third-order valence-electron chi connectivity index (χ3n) is 5.75. The lowest BCUT2D eigenvalue weighted by atomic mass is 9.82. The van der Waals surface area contributed by atoms with Crippen molar-refractivity contribution in [1.29, 1.82) is 0 Å². The largest absolute Gasteiger partial charge is 0.390 e. The second-order valence-corrected chi connectivity index (χ2v) is 7.39. The Kier molecular flexibility index (Phi) is 5.57. The van der Waals surface area contributed by atoms with Gasteiger partial charge < -0.3 is 19.6 Å². The van der Waals surface area contributed by atoms with E-state index in [-0.39, 0.29) is 17.6 Å². The number of rotatable bonds is 2. The number of carbonyl (C=O) groups is 1. The molecule has 3 aliphatic heterocycles. The molecule has 0 aromatic carbocycles.